The summed E-state index contributed by atoms with van der Waals surface area (Å²) in [5.74, 6) is 0.719. The summed E-state index contributed by atoms with van der Waals surface area (Å²) >= 11 is 0. The molecule has 74 valence electrons. The quantitative estimate of drug-likeness (QED) is 0.681. The third-order valence-electron chi connectivity index (χ3n) is 1.78. The molecular weight excluding hydrogens is 180 g/mol. The fourth-order valence-electron chi connectivity index (χ4n) is 1.25. The van der Waals surface area contributed by atoms with Crippen LogP contribution in [0.25, 0.3) is 0 Å². The van der Waals surface area contributed by atoms with Crippen LogP contribution in [-0.2, 0) is 0 Å². The van der Waals surface area contributed by atoms with Gasteiger partial charge in [-0.25, -0.2) is 0 Å². The Kier molecular flexibility index (Phi) is 2.26. The van der Waals surface area contributed by atoms with Crippen LogP contribution in [0.15, 0.2) is 16.5 Å². The Balaban J connectivity index is 2.34. The van der Waals surface area contributed by atoms with Crippen molar-refractivity contribution in [1.82, 2.24) is 20.3 Å². The Morgan fingerprint density at radius 2 is 2.43 bits per heavy atom. The summed E-state index contributed by atoms with van der Waals surface area (Å²) < 4.78 is 1.65. The second-order valence-electron chi connectivity index (χ2n) is 3.26. The average Bonchev–Trinajstić information content (AvgIpc) is 2.70. The molecule has 1 aliphatic rings. The van der Waals surface area contributed by atoms with Crippen molar-refractivity contribution in [3.05, 3.63) is 12.2 Å². The van der Waals surface area contributed by atoms with Gasteiger partial charge >= 0.3 is 0 Å². The lowest BCUT2D eigenvalue weighted by atomic mass is 10.3. The number of rotatable bonds is 2. The molecule has 0 fully saturated rings. The van der Waals surface area contributed by atoms with E-state index in [1.54, 1.807) is 11.0 Å². The van der Waals surface area contributed by atoms with Gasteiger partial charge in [-0.2, -0.15) is 14.9 Å². The number of nitrogens with zero attached hydrogens (tertiary/aromatic N) is 5. The van der Waals surface area contributed by atoms with Gasteiger partial charge in [0.2, 0.25) is 5.82 Å². The van der Waals surface area contributed by atoms with Crippen LogP contribution in [0.5, 0.6) is 0 Å². The molecule has 0 unspecified atom stereocenters. The van der Waals surface area contributed by atoms with Gasteiger partial charge in [0.25, 0.3) is 0 Å². The lowest BCUT2D eigenvalue weighted by Gasteiger charge is -1.98. The zero-order chi connectivity index (χ0) is 9.97. The highest BCUT2D eigenvalue weighted by Crippen LogP contribution is 2.04. The zero-order valence-corrected chi connectivity index (χ0v) is 8.23. The van der Waals surface area contributed by atoms with E-state index < -0.39 is 0 Å². The van der Waals surface area contributed by atoms with Gasteiger partial charge in [0.05, 0.1) is 0 Å². The van der Waals surface area contributed by atoms with Gasteiger partial charge in [-0.05, 0) is 13.8 Å². The molecule has 1 N–H and O–H groups in total. The highest BCUT2D eigenvalue weighted by Gasteiger charge is 2.15. The summed E-state index contributed by atoms with van der Waals surface area (Å²) in [5, 5.41) is 16.2. The molecule has 1 aromatic heterocycles. The first-order valence-corrected chi connectivity index (χ1v) is 4.49. The van der Waals surface area contributed by atoms with Crippen molar-refractivity contribution in [2.24, 2.45) is 10.2 Å². The molecule has 0 aromatic carbocycles. The molecule has 0 aliphatic carbocycles. The van der Waals surface area contributed by atoms with Crippen molar-refractivity contribution in [2.75, 3.05) is 6.54 Å². The van der Waals surface area contributed by atoms with Crippen molar-refractivity contribution >= 4 is 11.4 Å². The highest BCUT2D eigenvalue weighted by atomic mass is 15.4. The molecule has 1 aromatic rings. The van der Waals surface area contributed by atoms with E-state index in [0.717, 1.165) is 30.2 Å². The van der Waals surface area contributed by atoms with E-state index in [1.807, 2.05) is 13.8 Å². The Bertz CT molecular complexity index is 384. The normalized spacial score (nSPS) is 14.9. The Labute approximate surface area is 81.7 Å². The lowest BCUT2D eigenvalue weighted by Crippen LogP contribution is -2.07. The number of hydrogen-bond donors (Lipinski definition) is 1. The molecule has 1 aliphatic heterocycles. The van der Waals surface area contributed by atoms with Crippen LogP contribution in [0.2, 0.25) is 0 Å². The van der Waals surface area contributed by atoms with Crippen LogP contribution >= 0.6 is 0 Å². The van der Waals surface area contributed by atoms with E-state index in [1.165, 1.54) is 0 Å². The zero-order valence-electron chi connectivity index (χ0n) is 8.23. The van der Waals surface area contributed by atoms with Gasteiger partial charge in [-0.3, -0.25) is 0 Å². The van der Waals surface area contributed by atoms with E-state index in [9.17, 15) is 0 Å². The lowest BCUT2D eigenvalue weighted by molar-refractivity contribution is 0.813. The Hall–Kier alpha value is -1.72. The van der Waals surface area contributed by atoms with Gasteiger partial charge in [0.1, 0.15) is 12.0 Å². The average molecular weight is 192 g/mol. The summed E-state index contributed by atoms with van der Waals surface area (Å²) in [5.41, 5.74) is 4.77. The molecule has 14 heavy (non-hydrogen) atoms. The van der Waals surface area contributed by atoms with Crippen LogP contribution in [0.1, 0.15) is 26.1 Å². The first-order valence-electron chi connectivity index (χ1n) is 4.49. The molecule has 0 bridgehead atoms. The summed E-state index contributed by atoms with van der Waals surface area (Å²) in [6, 6.07) is 0. The minimum Gasteiger partial charge on any atom is -0.309 e. The first-order chi connectivity index (χ1) is 6.77. The molecule has 0 spiro atoms. The second-order valence-corrected chi connectivity index (χ2v) is 3.26. The Morgan fingerprint density at radius 3 is 3.07 bits per heavy atom. The van der Waals surface area contributed by atoms with Crippen LogP contribution in [0, 0.1) is 0 Å². The molecule has 6 heteroatoms. The summed E-state index contributed by atoms with van der Waals surface area (Å²) in [7, 11) is 0. The molecule has 6 nitrogen and oxygen atoms in total. The van der Waals surface area contributed by atoms with E-state index in [0.29, 0.717) is 0 Å². The monoisotopic (exact) mass is 192 g/mol. The molecule has 0 radical (unpaired) electrons. The van der Waals surface area contributed by atoms with E-state index in [-0.39, 0.29) is 0 Å². The topological polar surface area (TPSA) is 67.5 Å². The van der Waals surface area contributed by atoms with Gasteiger partial charge in [-0.1, -0.05) is 0 Å². The van der Waals surface area contributed by atoms with Crippen molar-refractivity contribution in [3.63, 3.8) is 0 Å². The van der Waals surface area contributed by atoms with Crippen molar-refractivity contribution in [1.29, 1.82) is 0 Å². The van der Waals surface area contributed by atoms with Crippen molar-refractivity contribution in [2.45, 2.75) is 20.3 Å². The molecular formula is C8H12N6. The molecule has 2 rings (SSSR count). The molecule has 2 heterocycles. The predicted molar refractivity (Wildman–Crippen MR) is 53.4 cm³/mol. The maximum atomic E-state index is 4.26. The maximum Gasteiger partial charge on any atom is 0.200 e. The predicted octanol–water partition coefficient (Wildman–Crippen LogP) is 0.219. The number of hydrogen-bond acceptors (Lipinski definition) is 5. The molecule has 0 atom stereocenters. The largest absolute Gasteiger partial charge is 0.309 e. The fourth-order valence-corrected chi connectivity index (χ4v) is 1.25. The Morgan fingerprint density at radius 1 is 1.57 bits per heavy atom. The highest BCUT2D eigenvalue weighted by molar-refractivity contribution is 5.98. The van der Waals surface area contributed by atoms with Crippen molar-refractivity contribution < 1.29 is 0 Å². The van der Waals surface area contributed by atoms with Crippen LogP contribution in [0.4, 0.5) is 0 Å². The summed E-state index contributed by atoms with van der Waals surface area (Å²) in [4.78, 5) is 0. The number of nitrogens with one attached hydrogen (secondary N) is 1. The smallest absolute Gasteiger partial charge is 0.200 e. The number of hydrazone groups is 1. The number of aromatic nitrogens is 3. The third-order valence-corrected chi connectivity index (χ3v) is 1.78. The van der Waals surface area contributed by atoms with Crippen LogP contribution in [0.3, 0.4) is 0 Å². The maximum absolute atomic E-state index is 4.26. The minimum absolute atomic E-state index is 0.719. The summed E-state index contributed by atoms with van der Waals surface area (Å²) in [6.45, 7) is 4.72. The first kappa shape index (κ1) is 8.86. The van der Waals surface area contributed by atoms with E-state index in [2.05, 4.69) is 25.8 Å². The van der Waals surface area contributed by atoms with Gasteiger partial charge in [-0.15, -0.1) is 10.2 Å². The van der Waals surface area contributed by atoms with Crippen LogP contribution < -0.4 is 5.43 Å². The van der Waals surface area contributed by atoms with E-state index >= 15 is 0 Å². The second kappa shape index (κ2) is 3.57. The standard InChI is InChI=1S/C8H12N6/c1-6(2)13-14-5-10-12-8(14)7-3-4-9-11-7/h5,9H,3-4H2,1-2H3. The third kappa shape index (κ3) is 1.63. The molecule has 0 saturated carbocycles. The van der Waals surface area contributed by atoms with Crippen LogP contribution in [-0.4, -0.2) is 32.8 Å². The summed E-state index contributed by atoms with van der Waals surface area (Å²) in [6.07, 6.45) is 2.46. The van der Waals surface area contributed by atoms with Gasteiger partial charge < -0.3 is 5.43 Å². The minimum atomic E-state index is 0.719. The molecule has 0 saturated heterocycles. The van der Waals surface area contributed by atoms with Crippen molar-refractivity contribution in [3.8, 4) is 0 Å². The van der Waals surface area contributed by atoms with E-state index in [4.69, 9.17) is 0 Å². The SMILES string of the molecule is CC(C)=Nn1cnnc1C1=NNCC1. The van der Waals surface area contributed by atoms with Gasteiger partial charge in [0.15, 0.2) is 0 Å². The fraction of sp³-hybridized carbons (Fsp3) is 0.500. The van der Waals surface area contributed by atoms with Gasteiger partial charge in [0, 0.05) is 18.7 Å². The molecule has 0 amide bonds.